The number of rotatable bonds is 3. The van der Waals surface area contributed by atoms with Crippen molar-refractivity contribution < 1.29 is 9.72 Å². The van der Waals surface area contributed by atoms with Gasteiger partial charge in [-0.2, -0.15) is 0 Å². The summed E-state index contributed by atoms with van der Waals surface area (Å²) in [5.74, 6) is 0.0386. The summed E-state index contributed by atoms with van der Waals surface area (Å²) in [7, 11) is 2.06. The molecule has 1 aromatic carbocycles. The second-order valence-corrected chi connectivity index (χ2v) is 6.22. The molecule has 0 bridgehead atoms. The molecule has 120 valence electrons. The normalized spacial score (nSPS) is 22.6. The average molecular weight is 305 g/mol. The van der Waals surface area contributed by atoms with Crippen molar-refractivity contribution in [2.45, 2.75) is 39.3 Å². The van der Waals surface area contributed by atoms with Crippen LogP contribution in [-0.4, -0.2) is 52.9 Å². The standard InChI is InChI=1S/C16H23N3O3/c1-11-9-17(4)10-12(2)18(11)16(20)8-14-6-5-7-15(13(14)3)19(21)22/h5-7,11-12H,8-10H2,1-4H3/t11-,12+. The lowest BCUT2D eigenvalue weighted by atomic mass is 10.0. The maximum Gasteiger partial charge on any atom is 0.272 e. The Bertz CT molecular complexity index is 576. The number of likely N-dealkylation sites (N-methyl/N-ethyl adjacent to an activating group) is 1. The molecule has 6 heteroatoms. The Morgan fingerprint density at radius 1 is 1.32 bits per heavy atom. The van der Waals surface area contributed by atoms with Crippen LogP contribution in [0.5, 0.6) is 0 Å². The van der Waals surface area contributed by atoms with E-state index in [2.05, 4.69) is 11.9 Å². The molecule has 2 atom stereocenters. The van der Waals surface area contributed by atoms with E-state index in [0.29, 0.717) is 5.56 Å². The number of nitrogens with zero attached hydrogens (tertiary/aromatic N) is 3. The number of hydrogen-bond donors (Lipinski definition) is 0. The van der Waals surface area contributed by atoms with Crippen molar-refractivity contribution in [1.29, 1.82) is 0 Å². The summed E-state index contributed by atoms with van der Waals surface area (Å²) < 4.78 is 0. The first-order valence-electron chi connectivity index (χ1n) is 7.53. The molecule has 1 aliphatic rings. The van der Waals surface area contributed by atoms with Crippen molar-refractivity contribution in [3.8, 4) is 0 Å². The number of hydrogen-bond acceptors (Lipinski definition) is 4. The van der Waals surface area contributed by atoms with E-state index in [9.17, 15) is 14.9 Å². The summed E-state index contributed by atoms with van der Waals surface area (Å²) in [6, 6.07) is 5.22. The molecule has 0 saturated carbocycles. The average Bonchev–Trinajstić information content (AvgIpc) is 2.39. The third-order valence-electron chi connectivity index (χ3n) is 4.35. The fourth-order valence-corrected chi connectivity index (χ4v) is 3.39. The number of benzene rings is 1. The molecule has 1 amide bonds. The molecule has 6 nitrogen and oxygen atoms in total. The first-order valence-corrected chi connectivity index (χ1v) is 7.53. The number of nitro groups is 1. The molecule has 1 aliphatic heterocycles. The Balaban J connectivity index is 2.19. The molecule has 0 aliphatic carbocycles. The zero-order chi connectivity index (χ0) is 16.4. The highest BCUT2D eigenvalue weighted by Gasteiger charge is 2.31. The van der Waals surface area contributed by atoms with Crippen molar-refractivity contribution in [1.82, 2.24) is 9.80 Å². The molecular weight excluding hydrogens is 282 g/mol. The van der Waals surface area contributed by atoms with Crippen LogP contribution in [0, 0.1) is 17.0 Å². The minimum atomic E-state index is -0.398. The van der Waals surface area contributed by atoms with E-state index in [1.807, 2.05) is 18.7 Å². The summed E-state index contributed by atoms with van der Waals surface area (Å²) in [4.78, 5) is 27.4. The van der Waals surface area contributed by atoms with Crippen LogP contribution in [0.2, 0.25) is 0 Å². The van der Waals surface area contributed by atoms with Crippen LogP contribution in [0.4, 0.5) is 5.69 Å². The largest absolute Gasteiger partial charge is 0.334 e. The van der Waals surface area contributed by atoms with Gasteiger partial charge < -0.3 is 9.80 Å². The lowest BCUT2D eigenvalue weighted by Crippen LogP contribution is -2.57. The molecule has 2 rings (SSSR count). The van der Waals surface area contributed by atoms with Gasteiger partial charge in [0.05, 0.1) is 11.3 Å². The zero-order valence-corrected chi connectivity index (χ0v) is 13.6. The van der Waals surface area contributed by atoms with Gasteiger partial charge >= 0.3 is 0 Å². The van der Waals surface area contributed by atoms with Gasteiger partial charge in [0.2, 0.25) is 5.91 Å². The molecular formula is C16H23N3O3. The van der Waals surface area contributed by atoms with E-state index in [1.165, 1.54) is 6.07 Å². The van der Waals surface area contributed by atoms with E-state index < -0.39 is 4.92 Å². The first-order chi connectivity index (χ1) is 10.3. The highest BCUT2D eigenvalue weighted by atomic mass is 16.6. The first kappa shape index (κ1) is 16.4. The van der Waals surface area contributed by atoms with Gasteiger partial charge in [0.1, 0.15) is 0 Å². The van der Waals surface area contributed by atoms with Crippen LogP contribution in [0.3, 0.4) is 0 Å². The van der Waals surface area contributed by atoms with Gasteiger partial charge in [-0.3, -0.25) is 14.9 Å². The minimum Gasteiger partial charge on any atom is -0.334 e. The smallest absolute Gasteiger partial charge is 0.272 e. The number of carbonyl (C=O) groups is 1. The Hall–Kier alpha value is -1.95. The maximum absolute atomic E-state index is 12.7. The molecule has 22 heavy (non-hydrogen) atoms. The molecule has 0 N–H and O–H groups in total. The van der Waals surface area contributed by atoms with Crippen molar-refractivity contribution in [2.75, 3.05) is 20.1 Å². The van der Waals surface area contributed by atoms with Crippen LogP contribution in [-0.2, 0) is 11.2 Å². The fraction of sp³-hybridized carbons (Fsp3) is 0.562. The summed E-state index contributed by atoms with van der Waals surface area (Å²) in [5.41, 5.74) is 1.39. The van der Waals surface area contributed by atoms with E-state index in [1.54, 1.807) is 19.1 Å². The third kappa shape index (κ3) is 3.27. The van der Waals surface area contributed by atoms with Crippen molar-refractivity contribution in [2.24, 2.45) is 0 Å². The Morgan fingerprint density at radius 2 is 1.91 bits per heavy atom. The number of nitro benzene ring substituents is 1. The van der Waals surface area contributed by atoms with Crippen molar-refractivity contribution >= 4 is 11.6 Å². The predicted molar refractivity (Wildman–Crippen MR) is 84.8 cm³/mol. The van der Waals surface area contributed by atoms with Crippen LogP contribution in [0.15, 0.2) is 18.2 Å². The number of piperazine rings is 1. The van der Waals surface area contributed by atoms with Crippen molar-refractivity contribution in [3.63, 3.8) is 0 Å². The van der Waals surface area contributed by atoms with Gasteiger partial charge in [-0.15, -0.1) is 0 Å². The quantitative estimate of drug-likeness (QED) is 0.633. The molecule has 1 heterocycles. The molecule has 1 fully saturated rings. The van der Waals surface area contributed by atoms with Gasteiger partial charge in [-0.25, -0.2) is 0 Å². The Kier molecular flexibility index (Phi) is 4.81. The highest BCUT2D eigenvalue weighted by Crippen LogP contribution is 2.23. The van der Waals surface area contributed by atoms with E-state index >= 15 is 0 Å². The van der Waals surface area contributed by atoms with Crippen molar-refractivity contribution in [3.05, 3.63) is 39.4 Å². The highest BCUT2D eigenvalue weighted by molar-refractivity contribution is 5.80. The van der Waals surface area contributed by atoms with Gasteiger partial charge in [-0.1, -0.05) is 12.1 Å². The van der Waals surface area contributed by atoms with Crippen LogP contribution in [0.1, 0.15) is 25.0 Å². The topological polar surface area (TPSA) is 66.7 Å². The molecule has 1 aromatic rings. The maximum atomic E-state index is 12.7. The second kappa shape index (κ2) is 6.44. The second-order valence-electron chi connectivity index (χ2n) is 6.22. The zero-order valence-electron chi connectivity index (χ0n) is 13.6. The number of amides is 1. The summed E-state index contributed by atoms with van der Waals surface area (Å²) in [6.45, 7) is 7.50. The molecule has 0 spiro atoms. The van der Waals surface area contributed by atoms with Gasteiger partial charge in [-0.05, 0) is 33.4 Å². The van der Waals surface area contributed by atoms with E-state index in [0.717, 1.165) is 18.7 Å². The lowest BCUT2D eigenvalue weighted by molar-refractivity contribution is -0.385. The molecule has 0 unspecified atom stereocenters. The monoisotopic (exact) mass is 305 g/mol. The predicted octanol–water partition coefficient (Wildman–Crippen LogP) is 2.00. The fourth-order valence-electron chi connectivity index (χ4n) is 3.39. The molecule has 1 saturated heterocycles. The van der Waals surface area contributed by atoms with Gasteiger partial charge in [0, 0.05) is 36.8 Å². The SMILES string of the molecule is Cc1c(CC(=O)N2[C@H](C)CN(C)C[C@@H]2C)cccc1[N+](=O)[O-]. The van der Waals surface area contributed by atoms with Crippen LogP contribution in [0.25, 0.3) is 0 Å². The molecule has 0 aromatic heterocycles. The van der Waals surface area contributed by atoms with Gasteiger partial charge in [0.25, 0.3) is 5.69 Å². The van der Waals surface area contributed by atoms with E-state index in [4.69, 9.17) is 0 Å². The van der Waals surface area contributed by atoms with Crippen LogP contribution < -0.4 is 0 Å². The third-order valence-corrected chi connectivity index (χ3v) is 4.35. The van der Waals surface area contributed by atoms with Crippen LogP contribution >= 0.6 is 0 Å². The molecule has 0 radical (unpaired) electrons. The summed E-state index contributed by atoms with van der Waals surface area (Å²) in [5, 5.41) is 11.0. The minimum absolute atomic E-state index is 0.0386. The summed E-state index contributed by atoms with van der Waals surface area (Å²) in [6.07, 6.45) is 0.214. The Morgan fingerprint density at radius 3 is 2.45 bits per heavy atom. The Labute approximate surface area is 130 Å². The van der Waals surface area contributed by atoms with E-state index in [-0.39, 0.29) is 30.1 Å². The number of carbonyl (C=O) groups excluding carboxylic acids is 1. The lowest BCUT2D eigenvalue weighted by Gasteiger charge is -2.43. The van der Waals surface area contributed by atoms with Gasteiger partial charge in [0.15, 0.2) is 0 Å². The summed E-state index contributed by atoms with van der Waals surface area (Å²) >= 11 is 0.